The molecule has 8 heteroatoms. The zero-order valence-electron chi connectivity index (χ0n) is 16.6. The first-order chi connectivity index (χ1) is 13.8. The highest BCUT2D eigenvalue weighted by Gasteiger charge is 2.25. The highest BCUT2D eigenvalue weighted by molar-refractivity contribution is 7.92. The molecule has 1 saturated heterocycles. The summed E-state index contributed by atoms with van der Waals surface area (Å²) in [5.41, 5.74) is 0.624. The van der Waals surface area contributed by atoms with Gasteiger partial charge >= 0.3 is 0 Å². The average Bonchev–Trinajstić information content (AvgIpc) is 2.68. The molecular weight excluding hydrogens is 410 g/mol. The molecule has 29 heavy (non-hydrogen) atoms. The van der Waals surface area contributed by atoms with Gasteiger partial charge in [0.25, 0.3) is 15.9 Å². The minimum Gasteiger partial charge on any atom is -0.336 e. The number of piperazine rings is 1. The molecule has 1 heterocycles. The molecule has 2 aromatic carbocycles. The Kier molecular flexibility index (Phi) is 6.82. The number of nitrogens with one attached hydrogen (secondary N) is 1. The van der Waals surface area contributed by atoms with Gasteiger partial charge in [-0.3, -0.25) is 14.4 Å². The quantitative estimate of drug-likeness (QED) is 0.753. The first-order valence-electron chi connectivity index (χ1n) is 9.65. The van der Waals surface area contributed by atoms with E-state index < -0.39 is 10.0 Å². The van der Waals surface area contributed by atoms with E-state index in [-0.39, 0.29) is 16.5 Å². The van der Waals surface area contributed by atoms with E-state index in [9.17, 15) is 13.2 Å². The van der Waals surface area contributed by atoms with Crippen molar-refractivity contribution in [1.29, 1.82) is 0 Å². The first kappa shape index (κ1) is 21.6. The summed E-state index contributed by atoms with van der Waals surface area (Å²) < 4.78 is 28.0. The maximum absolute atomic E-state index is 13.1. The van der Waals surface area contributed by atoms with Gasteiger partial charge in [0, 0.05) is 37.7 Å². The first-order valence-corrected chi connectivity index (χ1v) is 11.5. The molecule has 1 N–H and O–H groups in total. The van der Waals surface area contributed by atoms with Crippen LogP contribution in [0.4, 0.5) is 5.69 Å². The minimum atomic E-state index is -3.83. The van der Waals surface area contributed by atoms with E-state index in [1.54, 1.807) is 29.2 Å². The molecule has 0 saturated carbocycles. The normalized spacial score (nSPS) is 15.5. The van der Waals surface area contributed by atoms with Crippen LogP contribution in [-0.2, 0) is 10.0 Å². The molecule has 1 fully saturated rings. The molecule has 2 aromatic rings. The number of nitrogens with zero attached hydrogens (tertiary/aromatic N) is 2. The number of halogens is 1. The number of carbonyl (C=O) groups excluding carboxylic acids is 1. The zero-order chi connectivity index (χ0) is 21.0. The van der Waals surface area contributed by atoms with Crippen LogP contribution in [0.2, 0.25) is 5.02 Å². The number of sulfonamides is 1. The van der Waals surface area contributed by atoms with Gasteiger partial charge in [-0.15, -0.1) is 0 Å². The van der Waals surface area contributed by atoms with Crippen LogP contribution in [0.3, 0.4) is 0 Å². The summed E-state index contributed by atoms with van der Waals surface area (Å²) in [6, 6.07) is 12.6. The molecule has 156 valence electrons. The molecular formula is C21H26ClN3O3S. The highest BCUT2D eigenvalue weighted by atomic mass is 35.5. The topological polar surface area (TPSA) is 69.7 Å². The van der Waals surface area contributed by atoms with Crippen LogP contribution in [0.25, 0.3) is 0 Å². The lowest BCUT2D eigenvalue weighted by atomic mass is 10.1. The molecule has 0 atom stereocenters. The van der Waals surface area contributed by atoms with Crippen molar-refractivity contribution in [3.63, 3.8) is 0 Å². The van der Waals surface area contributed by atoms with E-state index in [0.717, 1.165) is 19.6 Å². The molecule has 0 radical (unpaired) electrons. The number of hydrogen-bond donors (Lipinski definition) is 1. The molecule has 0 bridgehead atoms. The lowest BCUT2D eigenvalue weighted by Crippen LogP contribution is -2.49. The molecule has 0 aromatic heterocycles. The van der Waals surface area contributed by atoms with E-state index in [4.69, 9.17) is 11.6 Å². The highest BCUT2D eigenvalue weighted by Crippen LogP contribution is 2.23. The van der Waals surface area contributed by atoms with E-state index in [1.165, 1.54) is 24.3 Å². The smallest absolute Gasteiger partial charge is 0.261 e. The SMILES string of the molecule is CC(C)CN1CCN(C(=O)c2ccccc2NS(=O)(=O)c2ccc(Cl)cc2)CC1. The Morgan fingerprint density at radius 2 is 1.66 bits per heavy atom. The van der Waals surface area contributed by atoms with Crippen molar-refractivity contribution in [2.75, 3.05) is 37.4 Å². The fourth-order valence-electron chi connectivity index (χ4n) is 3.40. The molecule has 1 amide bonds. The molecule has 1 aliphatic heterocycles. The zero-order valence-corrected chi connectivity index (χ0v) is 18.2. The predicted octanol–water partition coefficient (Wildman–Crippen LogP) is 3.55. The number of benzene rings is 2. The largest absolute Gasteiger partial charge is 0.336 e. The number of anilines is 1. The summed E-state index contributed by atoms with van der Waals surface area (Å²) >= 11 is 5.84. The van der Waals surface area contributed by atoms with Gasteiger partial charge in [-0.1, -0.05) is 37.6 Å². The summed E-state index contributed by atoms with van der Waals surface area (Å²) in [4.78, 5) is 17.3. The molecule has 3 rings (SSSR count). The third-order valence-electron chi connectivity index (χ3n) is 4.81. The molecule has 0 aliphatic carbocycles. The summed E-state index contributed by atoms with van der Waals surface area (Å²) in [6.45, 7) is 8.28. The van der Waals surface area contributed by atoms with Crippen molar-refractivity contribution in [2.45, 2.75) is 18.7 Å². The number of rotatable bonds is 6. The summed E-state index contributed by atoms with van der Waals surface area (Å²) in [5, 5.41) is 0.455. The van der Waals surface area contributed by atoms with Gasteiger partial charge in [0.1, 0.15) is 0 Å². The van der Waals surface area contributed by atoms with E-state index in [1.807, 2.05) is 0 Å². The van der Waals surface area contributed by atoms with Crippen molar-refractivity contribution >= 4 is 33.2 Å². The van der Waals surface area contributed by atoms with Crippen LogP contribution in [0, 0.1) is 5.92 Å². The Balaban J connectivity index is 1.75. The van der Waals surface area contributed by atoms with E-state index in [2.05, 4.69) is 23.5 Å². The van der Waals surface area contributed by atoms with Gasteiger partial charge in [-0.25, -0.2) is 8.42 Å². The van der Waals surface area contributed by atoms with Gasteiger partial charge < -0.3 is 4.90 Å². The summed E-state index contributed by atoms with van der Waals surface area (Å²) in [6.07, 6.45) is 0. The fourth-order valence-corrected chi connectivity index (χ4v) is 4.60. The average molecular weight is 436 g/mol. The van der Waals surface area contributed by atoms with Crippen molar-refractivity contribution in [3.05, 3.63) is 59.1 Å². The molecule has 0 spiro atoms. The van der Waals surface area contributed by atoms with Gasteiger partial charge in [0.15, 0.2) is 0 Å². The Labute approximate surface area is 177 Å². The third kappa shape index (κ3) is 5.50. The van der Waals surface area contributed by atoms with Crippen molar-refractivity contribution in [2.24, 2.45) is 5.92 Å². The fraction of sp³-hybridized carbons (Fsp3) is 0.381. The monoisotopic (exact) mass is 435 g/mol. The standard InChI is InChI=1S/C21H26ClN3O3S/c1-16(2)15-24-11-13-25(14-12-24)21(26)19-5-3-4-6-20(19)23-29(27,28)18-9-7-17(22)8-10-18/h3-10,16,23H,11-15H2,1-2H3. The second-order valence-electron chi connectivity index (χ2n) is 7.59. The molecule has 0 unspecified atom stereocenters. The van der Waals surface area contributed by atoms with Gasteiger partial charge in [0.05, 0.1) is 16.1 Å². The molecule has 1 aliphatic rings. The second kappa shape index (κ2) is 9.15. The van der Waals surface area contributed by atoms with Crippen LogP contribution >= 0.6 is 11.6 Å². The van der Waals surface area contributed by atoms with Crippen molar-refractivity contribution in [3.8, 4) is 0 Å². The predicted molar refractivity (Wildman–Crippen MR) is 116 cm³/mol. The van der Waals surface area contributed by atoms with Crippen molar-refractivity contribution in [1.82, 2.24) is 9.80 Å². The van der Waals surface area contributed by atoms with Gasteiger partial charge in [-0.2, -0.15) is 0 Å². The van der Waals surface area contributed by atoms with E-state index in [0.29, 0.717) is 29.6 Å². The van der Waals surface area contributed by atoms with Gasteiger partial charge in [-0.05, 0) is 42.3 Å². The van der Waals surface area contributed by atoms with Crippen LogP contribution < -0.4 is 4.72 Å². The van der Waals surface area contributed by atoms with Crippen LogP contribution in [0.5, 0.6) is 0 Å². The van der Waals surface area contributed by atoms with Crippen molar-refractivity contribution < 1.29 is 13.2 Å². The molecule has 6 nitrogen and oxygen atoms in total. The Morgan fingerprint density at radius 3 is 2.28 bits per heavy atom. The second-order valence-corrected chi connectivity index (χ2v) is 9.71. The number of para-hydroxylation sites is 1. The Morgan fingerprint density at radius 1 is 1.03 bits per heavy atom. The van der Waals surface area contributed by atoms with Gasteiger partial charge in [0.2, 0.25) is 0 Å². The Hall–Kier alpha value is -2.09. The maximum atomic E-state index is 13.1. The Bertz CT molecular complexity index is 953. The maximum Gasteiger partial charge on any atom is 0.261 e. The summed E-state index contributed by atoms with van der Waals surface area (Å²) in [7, 11) is -3.83. The van der Waals surface area contributed by atoms with Crippen LogP contribution in [-0.4, -0.2) is 56.8 Å². The van der Waals surface area contributed by atoms with Crippen LogP contribution in [0.1, 0.15) is 24.2 Å². The lowest BCUT2D eigenvalue weighted by molar-refractivity contribution is 0.0625. The third-order valence-corrected chi connectivity index (χ3v) is 6.44. The lowest BCUT2D eigenvalue weighted by Gasteiger charge is -2.35. The van der Waals surface area contributed by atoms with Crippen LogP contribution in [0.15, 0.2) is 53.4 Å². The van der Waals surface area contributed by atoms with E-state index >= 15 is 0 Å². The number of amides is 1. The minimum absolute atomic E-state index is 0.0893. The summed E-state index contributed by atoms with van der Waals surface area (Å²) in [5.74, 6) is 0.420. The number of carbonyl (C=O) groups is 1. The number of hydrogen-bond acceptors (Lipinski definition) is 4.